The van der Waals surface area contributed by atoms with Crippen LogP contribution in [0.5, 0.6) is 0 Å². The molecule has 2 heterocycles. The van der Waals surface area contributed by atoms with Gasteiger partial charge in [-0.25, -0.2) is 9.97 Å². The van der Waals surface area contributed by atoms with Crippen LogP contribution in [0.4, 0.5) is 5.95 Å². The van der Waals surface area contributed by atoms with Gasteiger partial charge in [0.05, 0.1) is 12.9 Å². The number of hydrogen-bond donors (Lipinski definition) is 1. The fourth-order valence-electron chi connectivity index (χ4n) is 2.58. The first-order valence-corrected chi connectivity index (χ1v) is 9.58. The molecule has 138 valence electrons. The van der Waals surface area contributed by atoms with Crippen molar-refractivity contribution in [2.45, 2.75) is 37.5 Å². The van der Waals surface area contributed by atoms with Crippen molar-refractivity contribution in [2.24, 2.45) is 0 Å². The predicted octanol–water partition coefficient (Wildman–Crippen LogP) is 3.10. The van der Waals surface area contributed by atoms with E-state index >= 15 is 0 Å². The monoisotopic (exact) mass is 373 g/mol. The summed E-state index contributed by atoms with van der Waals surface area (Å²) < 4.78 is 13.1. The lowest BCUT2D eigenvalue weighted by molar-refractivity contribution is -0.143. The summed E-state index contributed by atoms with van der Waals surface area (Å²) in [6.07, 6.45) is 1.38. The van der Waals surface area contributed by atoms with Crippen molar-refractivity contribution >= 4 is 28.9 Å². The summed E-state index contributed by atoms with van der Waals surface area (Å²) in [5.74, 6) is 1.03. The number of imidazole rings is 1. The quantitative estimate of drug-likeness (QED) is 0.350. The second kappa shape index (κ2) is 8.98. The van der Waals surface area contributed by atoms with Crippen molar-refractivity contribution < 1.29 is 9.47 Å². The van der Waals surface area contributed by atoms with Gasteiger partial charge in [-0.1, -0.05) is 42.1 Å². The van der Waals surface area contributed by atoms with Crippen molar-refractivity contribution in [2.75, 3.05) is 18.9 Å². The van der Waals surface area contributed by atoms with E-state index in [0.717, 1.165) is 16.3 Å². The van der Waals surface area contributed by atoms with E-state index < -0.39 is 0 Å². The van der Waals surface area contributed by atoms with Gasteiger partial charge in [0.15, 0.2) is 11.9 Å². The molecule has 8 heteroatoms. The Morgan fingerprint density at radius 2 is 1.85 bits per heavy atom. The van der Waals surface area contributed by atoms with Gasteiger partial charge in [0.1, 0.15) is 10.5 Å². The summed E-state index contributed by atoms with van der Waals surface area (Å²) in [5, 5.41) is 0.777. The maximum atomic E-state index is 5.93. The third kappa shape index (κ3) is 4.51. The molecule has 7 nitrogen and oxygen atoms in total. The van der Waals surface area contributed by atoms with Gasteiger partial charge in [-0.3, -0.25) is 0 Å². The van der Waals surface area contributed by atoms with Gasteiger partial charge in [0, 0.05) is 19.0 Å². The van der Waals surface area contributed by atoms with Crippen molar-refractivity contribution in [3.8, 4) is 0 Å². The standard InChI is InChI=1S/C18H23N5O2S/c1-3-24-14(25-4-2)10-23-12-20-15-16(23)21-18(19)22-17(15)26-11-13-8-6-5-7-9-13/h5-9,12,14H,3-4,10-11H2,1-2H3,(H2,19,21,22). The van der Waals surface area contributed by atoms with Gasteiger partial charge in [-0.15, -0.1) is 0 Å². The summed E-state index contributed by atoms with van der Waals surface area (Å²) in [4.78, 5) is 13.2. The van der Waals surface area contributed by atoms with Gasteiger partial charge in [-0.2, -0.15) is 4.98 Å². The van der Waals surface area contributed by atoms with Crippen LogP contribution < -0.4 is 5.73 Å². The van der Waals surface area contributed by atoms with Crippen LogP contribution in [0, 0.1) is 0 Å². The average Bonchev–Trinajstić information content (AvgIpc) is 3.04. The molecule has 1 aromatic carbocycles. The molecule has 0 aliphatic rings. The van der Waals surface area contributed by atoms with Crippen LogP contribution in [0.1, 0.15) is 19.4 Å². The highest BCUT2D eigenvalue weighted by molar-refractivity contribution is 7.98. The van der Waals surface area contributed by atoms with E-state index in [4.69, 9.17) is 15.2 Å². The van der Waals surface area contributed by atoms with Gasteiger partial charge < -0.3 is 19.8 Å². The maximum absolute atomic E-state index is 5.93. The van der Waals surface area contributed by atoms with Gasteiger partial charge in [-0.05, 0) is 19.4 Å². The van der Waals surface area contributed by atoms with E-state index in [-0.39, 0.29) is 12.2 Å². The van der Waals surface area contributed by atoms with Crippen LogP contribution in [0.3, 0.4) is 0 Å². The number of rotatable bonds is 9. The zero-order valence-electron chi connectivity index (χ0n) is 15.0. The minimum Gasteiger partial charge on any atom is -0.368 e. The van der Waals surface area contributed by atoms with Crippen molar-refractivity contribution in [3.63, 3.8) is 0 Å². The minimum absolute atomic E-state index is 0.235. The SMILES string of the molecule is CCOC(Cn1cnc2c(SCc3ccccc3)nc(N)nc21)OCC. The first kappa shape index (κ1) is 18.6. The Morgan fingerprint density at radius 1 is 1.12 bits per heavy atom. The molecule has 0 aliphatic carbocycles. The molecule has 3 aromatic rings. The predicted molar refractivity (Wildman–Crippen MR) is 103 cm³/mol. The second-order valence-corrected chi connectivity index (χ2v) is 6.53. The molecule has 0 unspecified atom stereocenters. The number of anilines is 1. The molecular weight excluding hydrogens is 350 g/mol. The Balaban J connectivity index is 1.83. The number of hydrogen-bond acceptors (Lipinski definition) is 7. The molecule has 2 N–H and O–H groups in total. The number of nitrogens with two attached hydrogens (primary N) is 1. The molecule has 0 atom stereocenters. The van der Waals surface area contributed by atoms with Crippen molar-refractivity contribution in [1.82, 2.24) is 19.5 Å². The topological polar surface area (TPSA) is 88.1 Å². The number of thioether (sulfide) groups is 1. The van der Waals surface area contributed by atoms with E-state index in [1.807, 2.05) is 36.6 Å². The molecule has 3 rings (SSSR count). The van der Waals surface area contributed by atoms with Crippen LogP contribution in [-0.4, -0.2) is 39.0 Å². The van der Waals surface area contributed by atoms with Gasteiger partial charge in [0.2, 0.25) is 5.95 Å². The molecule has 0 spiro atoms. The number of benzene rings is 1. The highest BCUT2D eigenvalue weighted by Gasteiger charge is 2.16. The Kier molecular flexibility index (Phi) is 6.43. The van der Waals surface area contributed by atoms with E-state index in [9.17, 15) is 0 Å². The number of fused-ring (bicyclic) bond motifs is 1. The third-order valence-corrected chi connectivity index (χ3v) is 4.75. The first-order chi connectivity index (χ1) is 12.7. The van der Waals surface area contributed by atoms with Crippen LogP contribution in [0.25, 0.3) is 11.2 Å². The number of ether oxygens (including phenoxy) is 2. The molecule has 2 aromatic heterocycles. The number of nitrogen functional groups attached to an aromatic ring is 1. The highest BCUT2D eigenvalue weighted by atomic mass is 32.2. The number of aromatic nitrogens is 4. The summed E-state index contributed by atoms with van der Waals surface area (Å²) in [5.41, 5.74) is 8.58. The molecular formula is C18H23N5O2S. The molecule has 26 heavy (non-hydrogen) atoms. The lowest BCUT2D eigenvalue weighted by Gasteiger charge is -2.17. The minimum atomic E-state index is -0.348. The lowest BCUT2D eigenvalue weighted by atomic mass is 10.2. The van der Waals surface area contributed by atoms with Gasteiger partial charge >= 0.3 is 0 Å². The zero-order valence-corrected chi connectivity index (χ0v) is 15.8. The Hall–Kier alpha value is -2.16. The Morgan fingerprint density at radius 3 is 2.54 bits per heavy atom. The highest BCUT2D eigenvalue weighted by Crippen LogP contribution is 2.28. The van der Waals surface area contributed by atoms with Crippen LogP contribution >= 0.6 is 11.8 Å². The lowest BCUT2D eigenvalue weighted by Crippen LogP contribution is -2.23. The summed E-state index contributed by atoms with van der Waals surface area (Å²) in [7, 11) is 0. The first-order valence-electron chi connectivity index (χ1n) is 8.59. The van der Waals surface area contributed by atoms with Crippen molar-refractivity contribution in [1.29, 1.82) is 0 Å². The summed E-state index contributed by atoms with van der Waals surface area (Å²) in [6.45, 7) is 5.53. The third-order valence-electron chi connectivity index (χ3n) is 3.72. The average molecular weight is 373 g/mol. The summed E-state index contributed by atoms with van der Waals surface area (Å²) >= 11 is 1.60. The maximum Gasteiger partial charge on any atom is 0.223 e. The van der Waals surface area contributed by atoms with Gasteiger partial charge in [0.25, 0.3) is 0 Å². The molecule has 0 saturated carbocycles. The molecule has 0 bridgehead atoms. The molecule has 0 fully saturated rings. The molecule has 0 aliphatic heterocycles. The fourth-order valence-corrected chi connectivity index (χ4v) is 3.52. The fraction of sp³-hybridized carbons (Fsp3) is 0.389. The van der Waals surface area contributed by atoms with E-state index in [2.05, 4.69) is 27.1 Å². The summed E-state index contributed by atoms with van der Waals surface area (Å²) in [6, 6.07) is 10.2. The number of nitrogens with zero attached hydrogens (tertiary/aromatic N) is 4. The van der Waals surface area contributed by atoms with Crippen LogP contribution in [0.2, 0.25) is 0 Å². The van der Waals surface area contributed by atoms with Crippen molar-refractivity contribution in [3.05, 3.63) is 42.2 Å². The Bertz CT molecular complexity index is 834. The molecule has 0 saturated heterocycles. The smallest absolute Gasteiger partial charge is 0.223 e. The van der Waals surface area contributed by atoms with E-state index in [1.54, 1.807) is 18.1 Å². The van der Waals surface area contributed by atoms with Crippen LogP contribution in [-0.2, 0) is 21.8 Å². The molecule has 0 radical (unpaired) electrons. The van der Waals surface area contributed by atoms with E-state index in [1.165, 1.54) is 5.56 Å². The zero-order chi connectivity index (χ0) is 18.4. The normalized spacial score (nSPS) is 11.5. The largest absolute Gasteiger partial charge is 0.368 e. The van der Waals surface area contributed by atoms with Crippen LogP contribution in [0.15, 0.2) is 41.7 Å². The van der Waals surface area contributed by atoms with E-state index in [0.29, 0.717) is 25.4 Å². The second-order valence-electron chi connectivity index (χ2n) is 5.57. The Labute approximate surface area is 156 Å². The molecule has 0 amide bonds.